The normalized spacial score (nSPS) is 30.0. The van der Waals surface area contributed by atoms with Gasteiger partial charge in [0.05, 0.1) is 31.6 Å². The van der Waals surface area contributed by atoms with Gasteiger partial charge in [0.1, 0.15) is 0 Å². The first-order valence-electron chi connectivity index (χ1n) is 10.7. The first kappa shape index (κ1) is 18.8. The molecule has 0 amide bonds. The molecular weight excluding hydrogens is 368 g/mol. The second kappa shape index (κ2) is 6.96. The molecule has 5 rings (SSSR count). The van der Waals surface area contributed by atoms with Crippen LogP contribution in [0.25, 0.3) is 0 Å². The molecular formula is C23H28N2O4. The zero-order valence-electron chi connectivity index (χ0n) is 17.1. The van der Waals surface area contributed by atoms with Crippen molar-refractivity contribution >= 4 is 5.97 Å². The van der Waals surface area contributed by atoms with Crippen molar-refractivity contribution in [1.82, 2.24) is 10.2 Å². The zero-order valence-corrected chi connectivity index (χ0v) is 17.1. The Balaban J connectivity index is 1.58. The first-order valence-corrected chi connectivity index (χ1v) is 10.7. The molecule has 2 aliphatic carbocycles. The van der Waals surface area contributed by atoms with Gasteiger partial charge in [0, 0.05) is 23.4 Å². The number of hydrogen-bond donors (Lipinski definition) is 1. The summed E-state index contributed by atoms with van der Waals surface area (Å²) in [5.74, 6) is -0.102. The average Bonchev–Trinajstić information content (AvgIpc) is 3.42. The number of esters is 1. The van der Waals surface area contributed by atoms with E-state index in [0.717, 1.165) is 25.7 Å². The molecule has 0 unspecified atom stereocenters. The van der Waals surface area contributed by atoms with Crippen molar-refractivity contribution in [3.8, 4) is 0 Å². The highest BCUT2D eigenvalue weighted by molar-refractivity contribution is 5.89. The number of carbonyl (C=O) groups excluding carboxylic acids is 1. The molecule has 1 N–H and O–H groups in total. The molecule has 0 radical (unpaired) electrons. The van der Waals surface area contributed by atoms with Crippen molar-refractivity contribution in [3.05, 3.63) is 52.8 Å². The molecule has 1 saturated heterocycles. The Kier molecular flexibility index (Phi) is 4.51. The van der Waals surface area contributed by atoms with Crippen molar-refractivity contribution < 1.29 is 19.0 Å². The first-order chi connectivity index (χ1) is 14.1. The average molecular weight is 396 g/mol. The molecule has 1 aromatic carbocycles. The van der Waals surface area contributed by atoms with E-state index in [-0.39, 0.29) is 17.3 Å². The Bertz CT molecular complexity index is 900. The lowest BCUT2D eigenvalue weighted by Crippen LogP contribution is -2.56. The van der Waals surface area contributed by atoms with Crippen LogP contribution in [0.4, 0.5) is 0 Å². The van der Waals surface area contributed by atoms with Gasteiger partial charge in [0.2, 0.25) is 0 Å². The lowest BCUT2D eigenvalue weighted by molar-refractivity contribution is -0.232. The summed E-state index contributed by atoms with van der Waals surface area (Å²) in [6.07, 6.45) is 5.83. The second-order valence-electron chi connectivity index (χ2n) is 8.48. The van der Waals surface area contributed by atoms with Crippen LogP contribution in [0.2, 0.25) is 0 Å². The van der Waals surface area contributed by atoms with Gasteiger partial charge in [0.25, 0.3) is 0 Å². The van der Waals surface area contributed by atoms with Gasteiger partial charge < -0.3 is 14.2 Å². The summed E-state index contributed by atoms with van der Waals surface area (Å²) in [6, 6.07) is 7.97. The second-order valence-corrected chi connectivity index (χ2v) is 8.48. The molecule has 6 heteroatoms. The number of ether oxygens (including phenoxy) is 3. The highest BCUT2D eigenvalue weighted by atomic mass is 16.7. The summed E-state index contributed by atoms with van der Waals surface area (Å²) < 4.78 is 17.5. The van der Waals surface area contributed by atoms with E-state index in [9.17, 15) is 4.79 Å². The van der Waals surface area contributed by atoms with Gasteiger partial charge in [-0.3, -0.25) is 5.10 Å². The summed E-state index contributed by atoms with van der Waals surface area (Å²) in [7, 11) is 0. The van der Waals surface area contributed by atoms with Gasteiger partial charge in [-0.05, 0) is 55.4 Å². The number of fused-ring (bicyclic) bond motifs is 3. The van der Waals surface area contributed by atoms with Gasteiger partial charge in [-0.25, -0.2) is 4.79 Å². The molecule has 3 atom stereocenters. The molecule has 2 heterocycles. The zero-order chi connectivity index (χ0) is 20.1. The van der Waals surface area contributed by atoms with Crippen molar-refractivity contribution in [2.75, 3.05) is 19.8 Å². The van der Waals surface area contributed by atoms with E-state index in [1.165, 1.54) is 16.8 Å². The van der Waals surface area contributed by atoms with Crippen LogP contribution >= 0.6 is 0 Å². The van der Waals surface area contributed by atoms with Crippen LogP contribution in [0.15, 0.2) is 30.5 Å². The minimum absolute atomic E-state index is 0.169. The third kappa shape index (κ3) is 2.69. The lowest BCUT2D eigenvalue weighted by Gasteiger charge is -2.55. The van der Waals surface area contributed by atoms with Gasteiger partial charge >= 0.3 is 5.97 Å². The molecule has 2 fully saturated rings. The molecule has 0 bridgehead atoms. The minimum Gasteiger partial charge on any atom is -0.462 e. The Labute approximate surface area is 170 Å². The number of aromatic nitrogens is 2. The molecule has 1 saturated carbocycles. The van der Waals surface area contributed by atoms with Crippen molar-refractivity contribution in [1.29, 1.82) is 0 Å². The largest absolute Gasteiger partial charge is 0.462 e. The summed E-state index contributed by atoms with van der Waals surface area (Å²) in [5, 5.41) is 7.72. The van der Waals surface area contributed by atoms with Crippen LogP contribution in [-0.2, 0) is 26.0 Å². The van der Waals surface area contributed by atoms with Gasteiger partial charge in [-0.15, -0.1) is 0 Å². The molecule has 3 aliphatic rings. The number of aromatic amines is 1. The summed E-state index contributed by atoms with van der Waals surface area (Å²) in [4.78, 5) is 12.1. The summed E-state index contributed by atoms with van der Waals surface area (Å²) in [6.45, 7) is 5.83. The number of aryl methyl sites for hydroxylation is 1. The number of rotatable bonds is 3. The van der Waals surface area contributed by atoms with Crippen LogP contribution in [0.1, 0.15) is 60.3 Å². The number of benzene rings is 1. The highest BCUT2D eigenvalue weighted by Gasteiger charge is 2.60. The number of carbonyl (C=O) groups is 1. The van der Waals surface area contributed by atoms with Crippen LogP contribution in [0.3, 0.4) is 0 Å². The molecule has 1 aliphatic heterocycles. The number of nitrogens with one attached hydrogen (secondary N) is 1. The molecule has 154 valence electrons. The fourth-order valence-corrected chi connectivity index (χ4v) is 6.02. The van der Waals surface area contributed by atoms with E-state index in [1.54, 1.807) is 0 Å². The summed E-state index contributed by atoms with van der Waals surface area (Å²) >= 11 is 0. The fourth-order valence-electron chi connectivity index (χ4n) is 6.02. The van der Waals surface area contributed by atoms with Crippen molar-refractivity contribution in [3.63, 3.8) is 0 Å². The molecule has 29 heavy (non-hydrogen) atoms. The van der Waals surface area contributed by atoms with Crippen LogP contribution in [-0.4, -0.2) is 41.8 Å². The van der Waals surface area contributed by atoms with E-state index >= 15 is 0 Å². The quantitative estimate of drug-likeness (QED) is 0.803. The highest BCUT2D eigenvalue weighted by Crippen LogP contribution is 2.59. The molecule has 6 nitrogen and oxygen atoms in total. The Morgan fingerprint density at radius 3 is 2.72 bits per heavy atom. The maximum absolute atomic E-state index is 12.1. The van der Waals surface area contributed by atoms with Gasteiger partial charge in [-0.1, -0.05) is 19.1 Å². The van der Waals surface area contributed by atoms with Crippen molar-refractivity contribution in [2.24, 2.45) is 11.8 Å². The van der Waals surface area contributed by atoms with E-state index in [4.69, 9.17) is 14.2 Å². The van der Waals surface area contributed by atoms with Gasteiger partial charge in [-0.2, -0.15) is 5.10 Å². The monoisotopic (exact) mass is 396 g/mol. The number of hydrogen-bond acceptors (Lipinski definition) is 5. The van der Waals surface area contributed by atoms with Crippen LogP contribution in [0, 0.1) is 11.8 Å². The molecule has 2 aromatic rings. The fraction of sp³-hybridized carbons (Fsp3) is 0.565. The minimum atomic E-state index is -0.462. The molecule has 1 spiro atoms. The standard InChI is InChI=1S/C23H28N2O4/c1-3-27-21(26)16-4-7-18(8-5-16)22-10-11-23(28-12-13-29-23)15(2)19(22)9-6-17-14-24-25-20(17)22/h4-5,7-8,14-15,19H,3,6,9-13H2,1-2H3,(H,24,25)/t15-,19-,22+/m0/s1. The maximum atomic E-state index is 12.1. The van der Waals surface area contributed by atoms with E-state index in [0.29, 0.717) is 31.3 Å². The SMILES string of the molecule is CCOC(=O)c1ccc([C@]23CCC4(OCCO4)[C@@H](C)[C@@H]2CCc2cn[nH]c23)cc1. The van der Waals surface area contributed by atoms with Crippen molar-refractivity contribution in [2.45, 2.75) is 50.7 Å². The number of H-pyrrole nitrogens is 1. The smallest absolute Gasteiger partial charge is 0.338 e. The lowest BCUT2D eigenvalue weighted by atomic mass is 9.52. The third-order valence-corrected chi connectivity index (χ3v) is 7.37. The van der Waals surface area contributed by atoms with Crippen LogP contribution in [0.5, 0.6) is 0 Å². The number of nitrogens with zero attached hydrogens (tertiary/aromatic N) is 1. The topological polar surface area (TPSA) is 73.4 Å². The van der Waals surface area contributed by atoms with E-state index in [1.807, 2.05) is 25.3 Å². The van der Waals surface area contributed by atoms with E-state index in [2.05, 4.69) is 29.3 Å². The third-order valence-electron chi connectivity index (χ3n) is 7.37. The van der Waals surface area contributed by atoms with Gasteiger partial charge in [0.15, 0.2) is 5.79 Å². The Morgan fingerprint density at radius 1 is 1.24 bits per heavy atom. The predicted molar refractivity (Wildman–Crippen MR) is 107 cm³/mol. The summed E-state index contributed by atoms with van der Waals surface area (Å²) in [5.41, 5.74) is 4.16. The Hall–Kier alpha value is -2.18. The van der Waals surface area contributed by atoms with E-state index < -0.39 is 5.79 Å². The maximum Gasteiger partial charge on any atom is 0.338 e. The Morgan fingerprint density at radius 2 is 2.00 bits per heavy atom. The van der Waals surface area contributed by atoms with Crippen LogP contribution < -0.4 is 0 Å². The molecule has 1 aromatic heterocycles. The predicted octanol–water partition coefficient (Wildman–Crippen LogP) is 3.61.